The maximum atomic E-state index is 5.51. The number of rotatable bonds is 6. The highest BCUT2D eigenvalue weighted by Gasteiger charge is 2.17. The van der Waals surface area contributed by atoms with E-state index in [0.29, 0.717) is 6.04 Å². The van der Waals surface area contributed by atoms with Crippen molar-refractivity contribution in [2.75, 3.05) is 13.7 Å². The minimum Gasteiger partial charge on any atom is -0.496 e. The maximum absolute atomic E-state index is 5.51. The van der Waals surface area contributed by atoms with E-state index in [-0.39, 0.29) is 0 Å². The second-order valence-corrected chi connectivity index (χ2v) is 6.38. The Hall–Kier alpha value is -1.39. The third-order valence-corrected chi connectivity index (χ3v) is 4.89. The van der Waals surface area contributed by atoms with Gasteiger partial charge in [-0.05, 0) is 51.4 Å². The number of thiazole rings is 1. The molecular weight excluding hydrogens is 280 g/mol. The van der Waals surface area contributed by atoms with Gasteiger partial charge < -0.3 is 10.1 Å². The minimum absolute atomic E-state index is 0.340. The van der Waals surface area contributed by atoms with Crippen LogP contribution in [0.1, 0.15) is 42.4 Å². The smallest absolute Gasteiger partial charge is 0.129 e. The van der Waals surface area contributed by atoms with E-state index in [1.807, 2.05) is 0 Å². The van der Waals surface area contributed by atoms with Crippen LogP contribution in [0, 0.1) is 13.8 Å². The van der Waals surface area contributed by atoms with Crippen LogP contribution in [-0.2, 0) is 0 Å². The average molecular weight is 304 g/mol. The number of hydrogen-bond donors (Lipinski definition) is 1. The fraction of sp³-hybridized carbons (Fsp3) is 0.471. The monoisotopic (exact) mass is 304 g/mol. The summed E-state index contributed by atoms with van der Waals surface area (Å²) in [5, 5.41) is 4.56. The van der Waals surface area contributed by atoms with Crippen molar-refractivity contribution in [3.05, 3.63) is 34.3 Å². The number of aryl methyl sites for hydroxylation is 2. The van der Waals surface area contributed by atoms with E-state index in [9.17, 15) is 0 Å². The molecule has 1 N–H and O–H groups in total. The molecule has 0 saturated carbocycles. The Balaban J connectivity index is 2.34. The van der Waals surface area contributed by atoms with Crippen molar-refractivity contribution in [1.82, 2.24) is 10.3 Å². The molecule has 114 valence electrons. The lowest BCUT2D eigenvalue weighted by atomic mass is 10.1. The van der Waals surface area contributed by atoms with Crippen LogP contribution in [0.5, 0.6) is 5.75 Å². The van der Waals surface area contributed by atoms with Gasteiger partial charge in [-0.15, -0.1) is 11.3 Å². The summed E-state index contributed by atoms with van der Waals surface area (Å²) in [5.41, 5.74) is 3.38. The normalized spacial score (nSPS) is 12.4. The highest BCUT2D eigenvalue weighted by atomic mass is 32.1. The Morgan fingerprint density at radius 3 is 2.76 bits per heavy atom. The van der Waals surface area contributed by atoms with E-state index < -0.39 is 0 Å². The summed E-state index contributed by atoms with van der Waals surface area (Å²) in [6.45, 7) is 9.57. The molecule has 1 unspecified atom stereocenters. The predicted octanol–water partition coefficient (Wildman–Crippen LogP) is 4.50. The van der Waals surface area contributed by atoms with Crippen molar-refractivity contribution in [2.45, 2.75) is 40.2 Å². The van der Waals surface area contributed by atoms with E-state index >= 15 is 0 Å². The van der Waals surface area contributed by atoms with Gasteiger partial charge in [0.05, 0.1) is 18.4 Å². The van der Waals surface area contributed by atoms with Gasteiger partial charge in [0.2, 0.25) is 0 Å². The SMILES string of the molecule is CCCNC(C)c1sc(-c2ccc(C)cc2OC)nc1C. The first-order valence-corrected chi connectivity index (χ1v) is 8.24. The lowest BCUT2D eigenvalue weighted by Crippen LogP contribution is -2.18. The molecular formula is C17H24N2OS. The number of ether oxygens (including phenoxy) is 1. The molecule has 1 heterocycles. The Morgan fingerprint density at radius 2 is 2.10 bits per heavy atom. The van der Waals surface area contributed by atoms with Crippen LogP contribution in [0.3, 0.4) is 0 Å². The Kier molecular flexibility index (Phi) is 5.37. The summed E-state index contributed by atoms with van der Waals surface area (Å²) >= 11 is 1.75. The molecule has 0 amide bonds. The van der Waals surface area contributed by atoms with Gasteiger partial charge in [0.25, 0.3) is 0 Å². The molecule has 4 heteroatoms. The van der Waals surface area contributed by atoms with Gasteiger partial charge in [-0.2, -0.15) is 0 Å². The van der Waals surface area contributed by atoms with E-state index in [1.54, 1.807) is 18.4 Å². The number of hydrogen-bond acceptors (Lipinski definition) is 4. The van der Waals surface area contributed by atoms with Crippen LogP contribution in [0.4, 0.5) is 0 Å². The molecule has 0 bridgehead atoms. The number of nitrogens with zero attached hydrogens (tertiary/aromatic N) is 1. The fourth-order valence-electron chi connectivity index (χ4n) is 2.35. The second-order valence-electron chi connectivity index (χ2n) is 5.35. The average Bonchev–Trinajstić information content (AvgIpc) is 2.86. The molecule has 1 aromatic carbocycles. The summed E-state index contributed by atoms with van der Waals surface area (Å²) in [5.74, 6) is 0.893. The van der Waals surface area contributed by atoms with Crippen molar-refractivity contribution in [3.63, 3.8) is 0 Å². The summed E-state index contributed by atoms with van der Waals surface area (Å²) in [4.78, 5) is 6.05. The second kappa shape index (κ2) is 7.05. The molecule has 0 aliphatic rings. The van der Waals surface area contributed by atoms with Crippen molar-refractivity contribution >= 4 is 11.3 Å². The van der Waals surface area contributed by atoms with Gasteiger partial charge in [-0.1, -0.05) is 13.0 Å². The lowest BCUT2D eigenvalue weighted by Gasteiger charge is -2.11. The van der Waals surface area contributed by atoms with E-state index in [1.165, 1.54) is 10.4 Å². The topological polar surface area (TPSA) is 34.1 Å². The van der Waals surface area contributed by atoms with Crippen molar-refractivity contribution in [3.8, 4) is 16.3 Å². The van der Waals surface area contributed by atoms with E-state index in [4.69, 9.17) is 9.72 Å². The van der Waals surface area contributed by atoms with Gasteiger partial charge >= 0.3 is 0 Å². The van der Waals surface area contributed by atoms with Crippen LogP contribution in [-0.4, -0.2) is 18.6 Å². The van der Waals surface area contributed by atoms with Gasteiger partial charge in [0, 0.05) is 10.9 Å². The molecule has 0 spiro atoms. The molecule has 1 atom stereocenters. The van der Waals surface area contributed by atoms with E-state index in [2.05, 4.69) is 51.2 Å². The molecule has 0 aliphatic heterocycles. The van der Waals surface area contributed by atoms with Crippen molar-refractivity contribution in [1.29, 1.82) is 0 Å². The summed E-state index contributed by atoms with van der Waals surface area (Å²) in [6.07, 6.45) is 1.14. The van der Waals surface area contributed by atoms with Crippen LogP contribution in [0.25, 0.3) is 10.6 Å². The number of nitrogens with one attached hydrogen (secondary N) is 1. The summed E-state index contributed by atoms with van der Waals surface area (Å²) < 4.78 is 5.51. The number of methoxy groups -OCH3 is 1. The first-order chi connectivity index (χ1) is 10.1. The van der Waals surface area contributed by atoms with Gasteiger partial charge in [-0.3, -0.25) is 0 Å². The van der Waals surface area contributed by atoms with Crippen LogP contribution < -0.4 is 10.1 Å². The predicted molar refractivity (Wildman–Crippen MR) is 90.3 cm³/mol. The van der Waals surface area contributed by atoms with Crippen LogP contribution >= 0.6 is 11.3 Å². The molecule has 2 aromatic rings. The van der Waals surface area contributed by atoms with Crippen LogP contribution in [0.2, 0.25) is 0 Å². The molecule has 2 rings (SSSR count). The number of aromatic nitrogens is 1. The Morgan fingerprint density at radius 1 is 1.33 bits per heavy atom. The third-order valence-electron chi connectivity index (χ3n) is 3.51. The largest absolute Gasteiger partial charge is 0.496 e. The Bertz CT molecular complexity index is 607. The summed E-state index contributed by atoms with van der Waals surface area (Å²) in [6, 6.07) is 6.60. The molecule has 0 fully saturated rings. The molecule has 0 radical (unpaired) electrons. The first-order valence-electron chi connectivity index (χ1n) is 7.42. The highest BCUT2D eigenvalue weighted by Crippen LogP contribution is 2.36. The zero-order valence-electron chi connectivity index (χ0n) is 13.5. The van der Waals surface area contributed by atoms with Gasteiger partial charge in [-0.25, -0.2) is 4.98 Å². The van der Waals surface area contributed by atoms with Crippen molar-refractivity contribution in [2.24, 2.45) is 0 Å². The van der Waals surface area contributed by atoms with E-state index in [0.717, 1.165) is 35.0 Å². The minimum atomic E-state index is 0.340. The van der Waals surface area contributed by atoms with Gasteiger partial charge in [0.15, 0.2) is 0 Å². The zero-order valence-corrected chi connectivity index (χ0v) is 14.3. The molecule has 3 nitrogen and oxygen atoms in total. The van der Waals surface area contributed by atoms with Crippen molar-refractivity contribution < 1.29 is 4.74 Å². The Labute approximate surface area is 131 Å². The highest BCUT2D eigenvalue weighted by molar-refractivity contribution is 7.15. The molecule has 0 saturated heterocycles. The quantitative estimate of drug-likeness (QED) is 0.853. The number of benzene rings is 1. The summed E-state index contributed by atoms with van der Waals surface area (Å²) in [7, 11) is 1.71. The lowest BCUT2D eigenvalue weighted by molar-refractivity contribution is 0.416. The fourth-order valence-corrected chi connectivity index (χ4v) is 3.48. The molecule has 0 aliphatic carbocycles. The molecule has 1 aromatic heterocycles. The zero-order chi connectivity index (χ0) is 15.4. The maximum Gasteiger partial charge on any atom is 0.129 e. The standard InChI is InChI=1S/C17H24N2OS/c1-6-9-18-12(3)16-13(4)19-17(21-16)14-8-7-11(2)10-15(14)20-5/h7-8,10,12,18H,6,9H2,1-5H3. The van der Waals surface area contributed by atoms with Crippen LogP contribution in [0.15, 0.2) is 18.2 Å². The molecule has 21 heavy (non-hydrogen) atoms. The third kappa shape index (κ3) is 3.63. The van der Waals surface area contributed by atoms with Gasteiger partial charge in [0.1, 0.15) is 10.8 Å². The first kappa shape index (κ1) is 16.0.